The van der Waals surface area contributed by atoms with E-state index >= 15 is 0 Å². The van der Waals surface area contributed by atoms with Gasteiger partial charge < -0.3 is 14.9 Å². The molecular weight excluding hydrogens is 234 g/mol. The third-order valence-electron chi connectivity index (χ3n) is 2.64. The number of ether oxygens (including phenoxy) is 1. The van der Waals surface area contributed by atoms with Crippen molar-refractivity contribution >= 4 is 16.9 Å². The van der Waals surface area contributed by atoms with Gasteiger partial charge in [0.1, 0.15) is 11.3 Å². The Hall–Kier alpha value is -2.30. The molecule has 0 aliphatic rings. The topological polar surface area (TPSA) is 82.5 Å². The Labute approximate surface area is 103 Å². The van der Waals surface area contributed by atoms with E-state index in [-0.39, 0.29) is 0 Å². The Kier molecular flexibility index (Phi) is 3.06. The van der Waals surface area contributed by atoms with Gasteiger partial charge >= 0.3 is 5.63 Å². The summed E-state index contributed by atoms with van der Waals surface area (Å²) in [6.07, 6.45) is -0.737. The molecule has 0 spiro atoms. The van der Waals surface area contributed by atoms with Crippen LogP contribution in [0.4, 0.5) is 0 Å². The van der Waals surface area contributed by atoms with E-state index in [2.05, 4.69) is 0 Å². The van der Waals surface area contributed by atoms with Crippen LogP contribution in [0.2, 0.25) is 0 Å². The number of primary amides is 1. The lowest BCUT2D eigenvalue weighted by molar-refractivity contribution is -0.123. The van der Waals surface area contributed by atoms with Gasteiger partial charge in [-0.2, -0.15) is 0 Å². The van der Waals surface area contributed by atoms with Gasteiger partial charge in [-0.15, -0.1) is 0 Å². The molecular formula is C13H13NO4. The van der Waals surface area contributed by atoms with E-state index in [0.717, 1.165) is 10.9 Å². The number of benzene rings is 1. The summed E-state index contributed by atoms with van der Waals surface area (Å²) < 4.78 is 10.4. The van der Waals surface area contributed by atoms with Crippen LogP contribution in [-0.4, -0.2) is 12.0 Å². The van der Waals surface area contributed by atoms with Crippen molar-refractivity contribution in [1.29, 1.82) is 0 Å². The zero-order valence-corrected chi connectivity index (χ0v) is 10.1. The minimum atomic E-state index is -0.737. The number of fused-ring (bicyclic) bond motifs is 1. The number of rotatable bonds is 3. The lowest BCUT2D eigenvalue weighted by Crippen LogP contribution is -2.30. The summed E-state index contributed by atoms with van der Waals surface area (Å²) in [4.78, 5) is 22.2. The molecule has 1 atom stereocenters. The molecule has 0 unspecified atom stereocenters. The van der Waals surface area contributed by atoms with Gasteiger partial charge in [0.2, 0.25) is 0 Å². The molecule has 0 radical (unpaired) electrons. The average Bonchev–Trinajstić information content (AvgIpc) is 2.27. The lowest BCUT2D eigenvalue weighted by Gasteiger charge is -2.11. The van der Waals surface area contributed by atoms with E-state index in [1.807, 2.05) is 6.92 Å². The predicted molar refractivity (Wildman–Crippen MR) is 66.5 cm³/mol. The summed E-state index contributed by atoms with van der Waals surface area (Å²) in [6.45, 7) is 3.38. The maximum absolute atomic E-state index is 11.3. The number of hydrogen-bond acceptors (Lipinski definition) is 4. The smallest absolute Gasteiger partial charge is 0.336 e. The SMILES string of the molecule is Cc1cc(=O)oc2cc(O[C@@H](C)C(N)=O)ccc12. The molecule has 5 heteroatoms. The Morgan fingerprint density at radius 1 is 1.39 bits per heavy atom. The molecule has 18 heavy (non-hydrogen) atoms. The summed E-state index contributed by atoms with van der Waals surface area (Å²) in [5.41, 5.74) is 5.95. The van der Waals surface area contributed by atoms with Gasteiger partial charge in [-0.25, -0.2) is 4.79 Å². The summed E-state index contributed by atoms with van der Waals surface area (Å²) in [7, 11) is 0. The monoisotopic (exact) mass is 247 g/mol. The van der Waals surface area contributed by atoms with E-state index in [1.165, 1.54) is 6.07 Å². The third kappa shape index (κ3) is 2.34. The van der Waals surface area contributed by atoms with E-state index in [1.54, 1.807) is 25.1 Å². The standard InChI is InChI=1S/C13H13NO4/c1-7-5-12(15)18-11-6-9(3-4-10(7)11)17-8(2)13(14)16/h3-6,8H,1-2H3,(H2,14,16)/t8-/m0/s1. The highest BCUT2D eigenvalue weighted by Gasteiger charge is 2.11. The molecule has 0 saturated heterocycles. The first-order valence-corrected chi connectivity index (χ1v) is 5.48. The summed E-state index contributed by atoms with van der Waals surface area (Å²) in [6, 6.07) is 6.48. The van der Waals surface area contributed by atoms with Crippen molar-refractivity contribution in [3.05, 3.63) is 40.2 Å². The van der Waals surface area contributed by atoms with Crippen LogP contribution in [0, 0.1) is 6.92 Å². The number of carbonyl (C=O) groups is 1. The highest BCUT2D eigenvalue weighted by Crippen LogP contribution is 2.22. The fraction of sp³-hybridized carbons (Fsp3) is 0.231. The number of hydrogen-bond donors (Lipinski definition) is 1. The second-order valence-corrected chi connectivity index (χ2v) is 4.07. The van der Waals surface area contributed by atoms with Crippen molar-refractivity contribution < 1.29 is 13.9 Å². The van der Waals surface area contributed by atoms with E-state index in [4.69, 9.17) is 14.9 Å². The lowest BCUT2D eigenvalue weighted by atomic mass is 10.1. The van der Waals surface area contributed by atoms with Crippen LogP contribution in [0.5, 0.6) is 5.75 Å². The van der Waals surface area contributed by atoms with Crippen LogP contribution in [0.1, 0.15) is 12.5 Å². The van der Waals surface area contributed by atoms with Crippen LogP contribution in [0.25, 0.3) is 11.0 Å². The molecule has 1 heterocycles. The molecule has 1 amide bonds. The molecule has 0 fully saturated rings. The van der Waals surface area contributed by atoms with Crippen molar-refractivity contribution in [3.63, 3.8) is 0 Å². The zero-order chi connectivity index (χ0) is 13.3. The minimum absolute atomic E-state index is 0.417. The van der Waals surface area contributed by atoms with Gasteiger partial charge in [0.15, 0.2) is 6.10 Å². The summed E-state index contributed by atoms with van der Waals surface area (Å²) >= 11 is 0. The van der Waals surface area contributed by atoms with Crippen molar-refractivity contribution in [2.75, 3.05) is 0 Å². The molecule has 2 rings (SSSR count). The van der Waals surface area contributed by atoms with E-state index < -0.39 is 17.6 Å². The van der Waals surface area contributed by atoms with Gasteiger partial charge in [0.25, 0.3) is 5.91 Å². The quantitative estimate of drug-likeness (QED) is 0.830. The number of carbonyl (C=O) groups excluding carboxylic acids is 1. The number of aryl methyl sites for hydroxylation is 1. The molecule has 0 saturated carbocycles. The Morgan fingerprint density at radius 3 is 2.78 bits per heavy atom. The summed E-state index contributed by atoms with van der Waals surface area (Å²) in [5.74, 6) is -0.122. The molecule has 5 nitrogen and oxygen atoms in total. The Balaban J connectivity index is 2.44. The largest absolute Gasteiger partial charge is 0.481 e. The summed E-state index contributed by atoms with van der Waals surface area (Å²) in [5, 5.41) is 0.827. The molecule has 1 aromatic heterocycles. The Morgan fingerprint density at radius 2 is 2.11 bits per heavy atom. The minimum Gasteiger partial charge on any atom is -0.481 e. The maximum atomic E-state index is 11.3. The van der Waals surface area contributed by atoms with Gasteiger partial charge in [-0.1, -0.05) is 0 Å². The van der Waals surface area contributed by atoms with Crippen molar-refractivity contribution in [1.82, 2.24) is 0 Å². The van der Waals surface area contributed by atoms with Crippen LogP contribution in [-0.2, 0) is 4.79 Å². The van der Waals surface area contributed by atoms with E-state index in [9.17, 15) is 9.59 Å². The first kappa shape index (κ1) is 12.2. The van der Waals surface area contributed by atoms with Crippen LogP contribution in [0.15, 0.2) is 33.5 Å². The molecule has 0 aliphatic carbocycles. The first-order chi connectivity index (χ1) is 8.47. The van der Waals surface area contributed by atoms with Crippen LogP contribution < -0.4 is 16.1 Å². The normalized spacial score (nSPS) is 12.3. The van der Waals surface area contributed by atoms with Gasteiger partial charge in [0, 0.05) is 17.5 Å². The van der Waals surface area contributed by atoms with Crippen molar-refractivity contribution in [2.45, 2.75) is 20.0 Å². The number of amides is 1. The highest BCUT2D eigenvalue weighted by atomic mass is 16.5. The second-order valence-electron chi connectivity index (χ2n) is 4.07. The van der Waals surface area contributed by atoms with Crippen LogP contribution >= 0.6 is 0 Å². The van der Waals surface area contributed by atoms with Crippen molar-refractivity contribution in [2.24, 2.45) is 5.73 Å². The van der Waals surface area contributed by atoms with E-state index in [0.29, 0.717) is 11.3 Å². The molecule has 2 N–H and O–H groups in total. The van der Waals surface area contributed by atoms with Crippen molar-refractivity contribution in [3.8, 4) is 5.75 Å². The van der Waals surface area contributed by atoms with Gasteiger partial charge in [-0.05, 0) is 31.5 Å². The zero-order valence-electron chi connectivity index (χ0n) is 10.1. The maximum Gasteiger partial charge on any atom is 0.336 e. The predicted octanol–water partition coefficient (Wildman–Crippen LogP) is 1.35. The first-order valence-electron chi connectivity index (χ1n) is 5.48. The molecule has 2 aromatic rings. The van der Waals surface area contributed by atoms with Gasteiger partial charge in [-0.3, -0.25) is 4.79 Å². The molecule has 0 bridgehead atoms. The third-order valence-corrected chi connectivity index (χ3v) is 2.64. The fourth-order valence-corrected chi connectivity index (χ4v) is 1.64. The molecule has 94 valence electrons. The molecule has 1 aromatic carbocycles. The Bertz CT molecular complexity index is 660. The van der Waals surface area contributed by atoms with Crippen LogP contribution in [0.3, 0.4) is 0 Å². The van der Waals surface area contributed by atoms with Gasteiger partial charge in [0.05, 0.1) is 0 Å². The molecule has 0 aliphatic heterocycles. The average molecular weight is 247 g/mol. The number of nitrogens with two attached hydrogens (primary N) is 1. The second kappa shape index (κ2) is 4.52. The highest BCUT2D eigenvalue weighted by molar-refractivity contribution is 5.82. The fourth-order valence-electron chi connectivity index (χ4n) is 1.64.